The molecule has 2 nitrogen and oxygen atoms in total. The molecule has 0 aliphatic rings. The van der Waals surface area contributed by atoms with Gasteiger partial charge < -0.3 is 5.11 Å². The van der Waals surface area contributed by atoms with Crippen LogP contribution >= 0.6 is 11.8 Å². The lowest BCUT2D eigenvalue weighted by molar-refractivity contribution is -0.137. The van der Waals surface area contributed by atoms with E-state index in [0.717, 1.165) is 19.3 Å². The van der Waals surface area contributed by atoms with Crippen LogP contribution in [-0.4, -0.2) is 23.1 Å². The molecule has 0 saturated carbocycles. The Balaban J connectivity index is 2.26. The van der Waals surface area contributed by atoms with Gasteiger partial charge >= 0.3 is 5.97 Å². The van der Waals surface area contributed by atoms with Crippen LogP contribution < -0.4 is 0 Å². The topological polar surface area (TPSA) is 37.3 Å². The molecular weight excluding hydrogens is 244 g/mol. The number of aryl methyl sites for hydroxylation is 2. The number of carboxylic acids is 1. The average molecular weight is 266 g/mol. The van der Waals surface area contributed by atoms with E-state index >= 15 is 0 Å². The lowest BCUT2D eigenvalue weighted by Gasteiger charge is -2.04. The predicted molar refractivity (Wildman–Crippen MR) is 78.3 cm³/mol. The highest BCUT2D eigenvalue weighted by molar-refractivity contribution is 7.98. The van der Waals surface area contributed by atoms with Gasteiger partial charge in [-0.1, -0.05) is 24.3 Å². The summed E-state index contributed by atoms with van der Waals surface area (Å²) in [4.78, 5) is 10.4. The largest absolute Gasteiger partial charge is 0.481 e. The van der Waals surface area contributed by atoms with Crippen LogP contribution in [0.25, 0.3) is 0 Å². The molecule has 1 aromatic carbocycles. The monoisotopic (exact) mass is 266 g/mol. The molecule has 1 aromatic rings. The van der Waals surface area contributed by atoms with Gasteiger partial charge in [0.25, 0.3) is 0 Å². The van der Waals surface area contributed by atoms with E-state index in [-0.39, 0.29) is 6.42 Å². The normalized spacial score (nSPS) is 10.5. The van der Waals surface area contributed by atoms with Crippen molar-refractivity contribution in [3.05, 3.63) is 35.4 Å². The highest BCUT2D eigenvalue weighted by Crippen LogP contribution is 2.11. The highest BCUT2D eigenvalue weighted by Gasteiger charge is 1.99. The fourth-order valence-electron chi connectivity index (χ4n) is 1.89. The van der Waals surface area contributed by atoms with E-state index in [1.807, 2.05) is 11.8 Å². The van der Waals surface area contributed by atoms with Gasteiger partial charge in [0.15, 0.2) is 0 Å². The van der Waals surface area contributed by atoms with Gasteiger partial charge in [0, 0.05) is 6.42 Å². The molecule has 0 amide bonds. The first kappa shape index (κ1) is 15.1. The zero-order valence-electron chi connectivity index (χ0n) is 11.0. The van der Waals surface area contributed by atoms with Crippen LogP contribution in [0.5, 0.6) is 0 Å². The Morgan fingerprint density at radius 2 is 1.61 bits per heavy atom. The van der Waals surface area contributed by atoms with E-state index in [9.17, 15) is 4.79 Å². The number of thioether (sulfide) groups is 1. The number of carbonyl (C=O) groups is 1. The molecule has 1 rings (SSSR count). The highest BCUT2D eigenvalue weighted by atomic mass is 32.2. The van der Waals surface area contributed by atoms with E-state index in [1.165, 1.54) is 29.7 Å². The Morgan fingerprint density at radius 1 is 1.06 bits per heavy atom. The van der Waals surface area contributed by atoms with E-state index < -0.39 is 5.97 Å². The summed E-state index contributed by atoms with van der Waals surface area (Å²) in [6.45, 7) is 0. The Bertz CT molecular complexity index is 346. The summed E-state index contributed by atoms with van der Waals surface area (Å²) in [5.41, 5.74) is 2.63. The summed E-state index contributed by atoms with van der Waals surface area (Å²) in [7, 11) is 0. The SMILES string of the molecule is CSCCCCc1ccc(CCCC(=O)O)cc1. The van der Waals surface area contributed by atoms with E-state index in [0.29, 0.717) is 0 Å². The van der Waals surface area contributed by atoms with Crippen LogP contribution in [0.15, 0.2) is 24.3 Å². The molecule has 0 atom stereocenters. The van der Waals surface area contributed by atoms with Crippen molar-refractivity contribution < 1.29 is 9.90 Å². The molecule has 0 radical (unpaired) electrons. The molecule has 0 heterocycles. The van der Waals surface area contributed by atoms with Crippen molar-refractivity contribution in [2.75, 3.05) is 12.0 Å². The minimum atomic E-state index is -0.708. The van der Waals surface area contributed by atoms with Gasteiger partial charge in [-0.15, -0.1) is 0 Å². The van der Waals surface area contributed by atoms with E-state index in [1.54, 1.807) is 0 Å². The fourth-order valence-corrected chi connectivity index (χ4v) is 2.38. The smallest absolute Gasteiger partial charge is 0.303 e. The molecule has 0 spiro atoms. The Morgan fingerprint density at radius 3 is 2.11 bits per heavy atom. The van der Waals surface area contributed by atoms with Crippen LogP contribution in [0, 0.1) is 0 Å². The molecule has 1 N–H and O–H groups in total. The van der Waals surface area contributed by atoms with Crippen molar-refractivity contribution in [3.63, 3.8) is 0 Å². The lowest BCUT2D eigenvalue weighted by atomic mass is 10.0. The maximum Gasteiger partial charge on any atom is 0.303 e. The Hall–Kier alpha value is -0.960. The van der Waals surface area contributed by atoms with Gasteiger partial charge in [0.1, 0.15) is 0 Å². The Labute approximate surface area is 114 Å². The molecule has 18 heavy (non-hydrogen) atoms. The van der Waals surface area contributed by atoms with Gasteiger partial charge in [0.2, 0.25) is 0 Å². The van der Waals surface area contributed by atoms with Crippen molar-refractivity contribution in [2.45, 2.75) is 38.5 Å². The zero-order chi connectivity index (χ0) is 13.2. The van der Waals surface area contributed by atoms with Gasteiger partial charge in [-0.05, 0) is 55.2 Å². The standard InChI is InChI=1S/C15H22O2S/c1-18-12-3-2-5-13-8-10-14(11-9-13)6-4-7-15(16)17/h8-11H,2-7,12H2,1H3,(H,16,17). The molecule has 100 valence electrons. The van der Waals surface area contributed by atoms with Crippen LogP contribution in [0.2, 0.25) is 0 Å². The van der Waals surface area contributed by atoms with E-state index in [4.69, 9.17) is 5.11 Å². The average Bonchev–Trinajstić information content (AvgIpc) is 2.36. The number of benzene rings is 1. The first-order chi connectivity index (χ1) is 8.72. The molecule has 0 bridgehead atoms. The minimum absolute atomic E-state index is 0.260. The van der Waals surface area contributed by atoms with Gasteiger partial charge in [0.05, 0.1) is 0 Å². The third-order valence-corrected chi connectivity index (χ3v) is 3.64. The number of carboxylic acid groups (broad SMARTS) is 1. The molecule has 0 saturated heterocycles. The second kappa shape index (κ2) is 9.03. The summed E-state index contributed by atoms with van der Waals surface area (Å²) in [6, 6.07) is 8.61. The molecule has 0 aliphatic heterocycles. The molecular formula is C15H22O2S. The summed E-state index contributed by atoms with van der Waals surface area (Å²) in [5.74, 6) is 0.535. The summed E-state index contributed by atoms with van der Waals surface area (Å²) in [6.07, 6.45) is 7.67. The van der Waals surface area contributed by atoms with Gasteiger partial charge in [-0.3, -0.25) is 4.79 Å². The predicted octanol–water partition coefficient (Wildman–Crippen LogP) is 3.78. The zero-order valence-corrected chi connectivity index (χ0v) is 11.8. The molecule has 0 aromatic heterocycles. The fraction of sp³-hybridized carbons (Fsp3) is 0.533. The van der Waals surface area contributed by atoms with Crippen LogP contribution in [0.1, 0.15) is 36.8 Å². The van der Waals surface area contributed by atoms with Crippen molar-refractivity contribution >= 4 is 17.7 Å². The van der Waals surface area contributed by atoms with Crippen LogP contribution in [-0.2, 0) is 17.6 Å². The van der Waals surface area contributed by atoms with Crippen molar-refractivity contribution in [3.8, 4) is 0 Å². The first-order valence-electron chi connectivity index (χ1n) is 6.51. The molecule has 0 aliphatic carbocycles. The van der Waals surface area contributed by atoms with Crippen molar-refractivity contribution in [2.24, 2.45) is 0 Å². The van der Waals surface area contributed by atoms with Gasteiger partial charge in [-0.25, -0.2) is 0 Å². The van der Waals surface area contributed by atoms with Gasteiger partial charge in [-0.2, -0.15) is 11.8 Å². The van der Waals surface area contributed by atoms with Crippen molar-refractivity contribution in [1.29, 1.82) is 0 Å². The quantitative estimate of drug-likeness (QED) is 0.691. The second-order valence-corrected chi connectivity index (χ2v) is 5.50. The molecule has 3 heteroatoms. The minimum Gasteiger partial charge on any atom is -0.481 e. The Kier molecular flexibility index (Phi) is 7.58. The molecule has 0 unspecified atom stereocenters. The second-order valence-electron chi connectivity index (χ2n) is 4.51. The number of aliphatic carboxylic acids is 1. The third-order valence-electron chi connectivity index (χ3n) is 2.94. The number of hydrogen-bond donors (Lipinski definition) is 1. The summed E-state index contributed by atoms with van der Waals surface area (Å²) < 4.78 is 0. The number of unbranched alkanes of at least 4 members (excludes halogenated alkanes) is 1. The number of hydrogen-bond acceptors (Lipinski definition) is 2. The first-order valence-corrected chi connectivity index (χ1v) is 7.90. The summed E-state index contributed by atoms with van der Waals surface area (Å²) >= 11 is 1.90. The maximum absolute atomic E-state index is 10.4. The van der Waals surface area contributed by atoms with E-state index in [2.05, 4.69) is 30.5 Å². The maximum atomic E-state index is 10.4. The lowest BCUT2D eigenvalue weighted by Crippen LogP contribution is -1.96. The van der Waals surface area contributed by atoms with Crippen LogP contribution in [0.4, 0.5) is 0 Å². The third kappa shape index (κ3) is 6.70. The van der Waals surface area contributed by atoms with Crippen molar-refractivity contribution in [1.82, 2.24) is 0 Å². The number of rotatable bonds is 9. The van der Waals surface area contributed by atoms with Crippen LogP contribution in [0.3, 0.4) is 0 Å². The summed E-state index contributed by atoms with van der Waals surface area (Å²) in [5, 5.41) is 8.57. The molecule has 0 fully saturated rings.